The van der Waals surface area contributed by atoms with Gasteiger partial charge in [0.25, 0.3) is 5.91 Å². The maximum absolute atomic E-state index is 12.2. The van der Waals surface area contributed by atoms with E-state index in [1.165, 1.54) is 31.2 Å². The van der Waals surface area contributed by atoms with Crippen molar-refractivity contribution in [3.05, 3.63) is 35.4 Å². The Hall–Kier alpha value is -2.70. The summed E-state index contributed by atoms with van der Waals surface area (Å²) in [6.45, 7) is 1.32. The van der Waals surface area contributed by atoms with Crippen LogP contribution < -0.4 is 5.32 Å². The number of hydrogen-bond donors (Lipinski definition) is 2. The molecule has 1 fully saturated rings. The third-order valence-corrected chi connectivity index (χ3v) is 3.06. The van der Waals surface area contributed by atoms with E-state index in [9.17, 15) is 19.2 Å². The van der Waals surface area contributed by atoms with Crippen LogP contribution in [-0.4, -0.2) is 46.3 Å². The summed E-state index contributed by atoms with van der Waals surface area (Å²) in [7, 11) is 0. The quantitative estimate of drug-likeness (QED) is 0.732. The molecule has 1 unspecified atom stereocenters. The molecule has 2 rings (SSSR count). The second-order valence-corrected chi connectivity index (χ2v) is 4.40. The molecule has 2 N–H and O–H groups in total. The van der Waals surface area contributed by atoms with Crippen molar-refractivity contribution in [3.8, 4) is 0 Å². The maximum Gasteiger partial charge on any atom is 0.335 e. The SMILES string of the molecule is CC1C(=O)NC(=O)CN1C(=O)c1ccc(C(=O)O)cc1. The lowest BCUT2D eigenvalue weighted by Crippen LogP contribution is -2.58. The molecular formula is C13H12N2O5. The van der Waals surface area contributed by atoms with Crippen molar-refractivity contribution in [2.75, 3.05) is 6.54 Å². The van der Waals surface area contributed by atoms with E-state index in [1.54, 1.807) is 0 Å². The number of benzene rings is 1. The number of aromatic carboxylic acids is 1. The van der Waals surface area contributed by atoms with Gasteiger partial charge in [0.05, 0.1) is 5.56 Å². The predicted octanol–water partition coefficient (Wildman–Crippen LogP) is -0.128. The van der Waals surface area contributed by atoms with Gasteiger partial charge in [0.2, 0.25) is 11.8 Å². The summed E-state index contributed by atoms with van der Waals surface area (Å²) in [4.78, 5) is 46.9. The third kappa shape index (κ3) is 2.51. The first-order valence-corrected chi connectivity index (χ1v) is 5.88. The van der Waals surface area contributed by atoms with Crippen molar-refractivity contribution in [1.29, 1.82) is 0 Å². The number of carboxylic acids is 1. The van der Waals surface area contributed by atoms with Crippen LogP contribution in [0.5, 0.6) is 0 Å². The van der Waals surface area contributed by atoms with Crippen molar-refractivity contribution in [3.63, 3.8) is 0 Å². The van der Waals surface area contributed by atoms with E-state index in [4.69, 9.17) is 5.11 Å². The molecule has 104 valence electrons. The van der Waals surface area contributed by atoms with E-state index in [1.807, 2.05) is 0 Å². The molecule has 20 heavy (non-hydrogen) atoms. The summed E-state index contributed by atoms with van der Waals surface area (Å²) < 4.78 is 0. The molecule has 0 radical (unpaired) electrons. The largest absolute Gasteiger partial charge is 0.478 e. The molecule has 1 aromatic carbocycles. The van der Waals surface area contributed by atoms with Gasteiger partial charge >= 0.3 is 5.97 Å². The van der Waals surface area contributed by atoms with Gasteiger partial charge < -0.3 is 10.0 Å². The molecular weight excluding hydrogens is 264 g/mol. The summed E-state index contributed by atoms with van der Waals surface area (Å²) in [5.74, 6) is -2.65. The first-order valence-electron chi connectivity index (χ1n) is 5.88. The van der Waals surface area contributed by atoms with Crippen molar-refractivity contribution in [1.82, 2.24) is 10.2 Å². The highest BCUT2D eigenvalue weighted by Crippen LogP contribution is 2.12. The number of carbonyl (C=O) groups excluding carboxylic acids is 3. The monoisotopic (exact) mass is 276 g/mol. The Morgan fingerprint density at radius 2 is 1.75 bits per heavy atom. The molecule has 7 nitrogen and oxygen atoms in total. The van der Waals surface area contributed by atoms with Gasteiger partial charge in [-0.3, -0.25) is 19.7 Å². The number of rotatable bonds is 2. The van der Waals surface area contributed by atoms with Crippen LogP contribution in [-0.2, 0) is 9.59 Å². The highest BCUT2D eigenvalue weighted by molar-refractivity contribution is 6.07. The number of carboxylic acid groups (broad SMARTS) is 1. The summed E-state index contributed by atoms with van der Waals surface area (Å²) >= 11 is 0. The molecule has 1 aliphatic heterocycles. The Kier molecular flexibility index (Phi) is 3.51. The van der Waals surface area contributed by atoms with Gasteiger partial charge in [-0.15, -0.1) is 0 Å². The first-order chi connectivity index (χ1) is 9.40. The summed E-state index contributed by atoms with van der Waals surface area (Å²) in [6.07, 6.45) is 0. The van der Waals surface area contributed by atoms with Crippen molar-refractivity contribution >= 4 is 23.7 Å². The first kappa shape index (κ1) is 13.7. The van der Waals surface area contributed by atoms with Gasteiger partial charge in [-0.25, -0.2) is 4.79 Å². The van der Waals surface area contributed by atoms with E-state index in [2.05, 4.69) is 5.32 Å². The number of hydrogen-bond acceptors (Lipinski definition) is 4. The Bertz CT molecular complexity index is 593. The summed E-state index contributed by atoms with van der Waals surface area (Å²) in [6, 6.07) is 4.56. The van der Waals surface area contributed by atoms with Gasteiger partial charge in [0, 0.05) is 5.56 Å². The molecule has 3 amide bonds. The third-order valence-electron chi connectivity index (χ3n) is 3.06. The molecule has 1 saturated heterocycles. The van der Waals surface area contributed by atoms with Gasteiger partial charge in [-0.05, 0) is 31.2 Å². The number of carbonyl (C=O) groups is 4. The van der Waals surface area contributed by atoms with Gasteiger partial charge in [0.15, 0.2) is 0 Å². The van der Waals surface area contributed by atoms with Crippen molar-refractivity contribution < 1.29 is 24.3 Å². The normalized spacial score (nSPS) is 18.6. The van der Waals surface area contributed by atoms with E-state index in [0.29, 0.717) is 0 Å². The van der Waals surface area contributed by atoms with Gasteiger partial charge in [-0.2, -0.15) is 0 Å². The average Bonchev–Trinajstić information content (AvgIpc) is 2.42. The van der Waals surface area contributed by atoms with Crippen molar-refractivity contribution in [2.24, 2.45) is 0 Å². The van der Waals surface area contributed by atoms with E-state index in [-0.39, 0.29) is 17.7 Å². The van der Waals surface area contributed by atoms with Crippen LogP contribution in [0.3, 0.4) is 0 Å². The molecule has 0 aromatic heterocycles. The van der Waals surface area contributed by atoms with Crippen molar-refractivity contribution in [2.45, 2.75) is 13.0 Å². The van der Waals surface area contributed by atoms with Gasteiger partial charge in [-0.1, -0.05) is 0 Å². The smallest absolute Gasteiger partial charge is 0.335 e. The zero-order valence-electron chi connectivity index (χ0n) is 10.6. The van der Waals surface area contributed by atoms with Crippen LogP contribution in [0, 0.1) is 0 Å². The van der Waals surface area contributed by atoms with Crippen LogP contribution >= 0.6 is 0 Å². The Morgan fingerprint density at radius 1 is 1.20 bits per heavy atom. The number of nitrogens with one attached hydrogen (secondary N) is 1. The highest BCUT2D eigenvalue weighted by atomic mass is 16.4. The van der Waals surface area contributed by atoms with E-state index in [0.717, 1.165) is 4.90 Å². The Morgan fingerprint density at radius 3 is 2.30 bits per heavy atom. The van der Waals surface area contributed by atoms with Crippen LogP contribution in [0.4, 0.5) is 0 Å². The lowest BCUT2D eigenvalue weighted by molar-refractivity contribution is -0.138. The Labute approximate surface area is 114 Å². The number of nitrogens with zero attached hydrogens (tertiary/aromatic N) is 1. The number of piperazine rings is 1. The molecule has 7 heteroatoms. The molecule has 0 bridgehead atoms. The standard InChI is InChI=1S/C13H12N2O5/c1-7-11(17)14-10(16)6-15(7)12(18)8-2-4-9(5-3-8)13(19)20/h2-5,7H,6H2,1H3,(H,19,20)(H,14,16,17). The zero-order valence-corrected chi connectivity index (χ0v) is 10.6. The minimum atomic E-state index is -1.09. The zero-order chi connectivity index (χ0) is 14.9. The van der Waals surface area contributed by atoms with E-state index < -0.39 is 29.7 Å². The molecule has 1 aromatic rings. The summed E-state index contributed by atoms with van der Waals surface area (Å²) in [5.41, 5.74) is 0.284. The fourth-order valence-electron chi connectivity index (χ4n) is 1.88. The highest BCUT2D eigenvalue weighted by Gasteiger charge is 2.33. The number of amides is 3. The maximum atomic E-state index is 12.2. The fourth-order valence-corrected chi connectivity index (χ4v) is 1.88. The van der Waals surface area contributed by atoms with E-state index >= 15 is 0 Å². The molecule has 0 aliphatic carbocycles. The second-order valence-electron chi connectivity index (χ2n) is 4.40. The molecule has 1 heterocycles. The van der Waals surface area contributed by atoms with Crippen LogP contribution in [0.2, 0.25) is 0 Å². The average molecular weight is 276 g/mol. The predicted molar refractivity (Wildman–Crippen MR) is 67.0 cm³/mol. The molecule has 1 aliphatic rings. The topological polar surface area (TPSA) is 104 Å². The minimum Gasteiger partial charge on any atom is -0.478 e. The Balaban J connectivity index is 2.23. The second kappa shape index (κ2) is 5.12. The lowest BCUT2D eigenvalue weighted by Gasteiger charge is -2.31. The minimum absolute atomic E-state index is 0.0575. The summed E-state index contributed by atoms with van der Waals surface area (Å²) in [5, 5.41) is 10.9. The van der Waals surface area contributed by atoms with Crippen LogP contribution in [0.1, 0.15) is 27.6 Å². The lowest BCUT2D eigenvalue weighted by atomic mass is 10.1. The fraction of sp³-hybridized carbons (Fsp3) is 0.231. The molecule has 0 saturated carbocycles. The molecule has 1 atom stereocenters. The molecule has 0 spiro atoms. The van der Waals surface area contributed by atoms with Crippen LogP contribution in [0.15, 0.2) is 24.3 Å². The number of imide groups is 1. The van der Waals surface area contributed by atoms with Gasteiger partial charge in [0.1, 0.15) is 12.6 Å². The van der Waals surface area contributed by atoms with Crippen LogP contribution in [0.25, 0.3) is 0 Å².